The lowest BCUT2D eigenvalue weighted by Crippen LogP contribution is -2.44. The number of aliphatic imine (C=N–C) groups is 1. The topological polar surface area (TPSA) is 146 Å². The number of aromatic nitrogens is 2. The highest BCUT2D eigenvalue weighted by molar-refractivity contribution is 5.86. The van der Waals surface area contributed by atoms with E-state index in [-0.39, 0.29) is 24.5 Å². The number of ether oxygens (including phenoxy) is 1. The second-order valence-electron chi connectivity index (χ2n) is 7.87. The largest absolute Gasteiger partial charge is 0.458 e. The Morgan fingerprint density at radius 2 is 2.10 bits per heavy atom. The molecule has 0 amide bonds. The Labute approximate surface area is 177 Å². The lowest BCUT2D eigenvalue weighted by atomic mass is 9.86. The van der Waals surface area contributed by atoms with E-state index in [0.29, 0.717) is 35.6 Å². The maximum Gasteiger partial charge on any atom is 0.343 e. The molecule has 0 aliphatic carbocycles. The zero-order valence-corrected chi connectivity index (χ0v) is 16.9. The van der Waals surface area contributed by atoms with Crippen LogP contribution in [0.1, 0.15) is 35.6 Å². The van der Waals surface area contributed by atoms with E-state index in [9.17, 15) is 14.7 Å². The fourth-order valence-corrected chi connectivity index (χ4v) is 4.32. The first-order chi connectivity index (χ1) is 14.8. The minimum atomic E-state index is -1.83. The molecule has 5 N–H and O–H groups in total. The van der Waals surface area contributed by atoms with Gasteiger partial charge in [-0.1, -0.05) is 13.0 Å². The van der Waals surface area contributed by atoms with Gasteiger partial charge in [0.2, 0.25) is 0 Å². The van der Waals surface area contributed by atoms with Crippen molar-refractivity contribution in [3.63, 3.8) is 0 Å². The first-order valence-electron chi connectivity index (χ1n) is 9.97. The van der Waals surface area contributed by atoms with Gasteiger partial charge in [-0.15, -0.1) is 0 Å². The Morgan fingerprint density at radius 3 is 2.84 bits per heavy atom. The second-order valence-corrected chi connectivity index (χ2v) is 7.87. The smallest absolute Gasteiger partial charge is 0.343 e. The van der Waals surface area contributed by atoms with Crippen molar-refractivity contribution >= 4 is 22.8 Å². The standard InChI is InChI=1S/C22H21N5O4/c1-2-22(30)15-7-17-18-13(9-27(17)19(28)14(15)10-31-20(22)29)6-12-5-11(8-25-21(23)24)3-4-16(12)26-18/h3-7,30H,2,8-10H2,1H3,(H4,23,24,25)/t22-/m0/s1. The van der Waals surface area contributed by atoms with Gasteiger partial charge in [0.1, 0.15) is 6.61 Å². The van der Waals surface area contributed by atoms with Crippen molar-refractivity contribution in [1.82, 2.24) is 9.55 Å². The summed E-state index contributed by atoms with van der Waals surface area (Å²) in [5, 5.41) is 11.8. The Kier molecular flexibility index (Phi) is 4.13. The van der Waals surface area contributed by atoms with Gasteiger partial charge in [0, 0.05) is 16.5 Å². The number of carbonyl (C=O) groups excluding carboxylic acids is 1. The molecule has 2 aliphatic heterocycles. The molecule has 0 bridgehead atoms. The van der Waals surface area contributed by atoms with Crippen LogP contribution >= 0.6 is 0 Å². The summed E-state index contributed by atoms with van der Waals surface area (Å²) in [5.41, 5.74) is 13.2. The highest BCUT2D eigenvalue weighted by Gasteiger charge is 2.45. The molecular formula is C22H21N5O4. The zero-order valence-electron chi connectivity index (χ0n) is 16.9. The van der Waals surface area contributed by atoms with E-state index in [4.69, 9.17) is 21.2 Å². The molecule has 2 aliphatic rings. The number of nitrogens with two attached hydrogens (primary N) is 2. The van der Waals surface area contributed by atoms with E-state index in [1.165, 1.54) is 0 Å². The highest BCUT2D eigenvalue weighted by atomic mass is 16.6. The summed E-state index contributed by atoms with van der Waals surface area (Å²) < 4.78 is 6.71. The number of benzene rings is 1. The van der Waals surface area contributed by atoms with Gasteiger partial charge >= 0.3 is 5.97 Å². The van der Waals surface area contributed by atoms with Gasteiger partial charge in [0.15, 0.2) is 11.6 Å². The van der Waals surface area contributed by atoms with Gasteiger partial charge in [-0.3, -0.25) is 4.79 Å². The summed E-state index contributed by atoms with van der Waals surface area (Å²) in [6.45, 7) is 2.26. The van der Waals surface area contributed by atoms with Gasteiger partial charge < -0.3 is 25.9 Å². The van der Waals surface area contributed by atoms with Gasteiger partial charge in [-0.2, -0.15) is 0 Å². The fourth-order valence-electron chi connectivity index (χ4n) is 4.32. The maximum absolute atomic E-state index is 13.2. The van der Waals surface area contributed by atoms with Crippen molar-refractivity contribution in [2.75, 3.05) is 0 Å². The van der Waals surface area contributed by atoms with Gasteiger partial charge in [-0.25, -0.2) is 14.8 Å². The molecule has 5 rings (SSSR count). The first kappa shape index (κ1) is 19.3. The summed E-state index contributed by atoms with van der Waals surface area (Å²) in [4.78, 5) is 34.2. The van der Waals surface area contributed by atoms with E-state index in [1.807, 2.05) is 24.3 Å². The number of rotatable bonds is 3. The normalized spacial score (nSPS) is 18.8. The quantitative estimate of drug-likeness (QED) is 0.253. The number of fused-ring (bicyclic) bond motifs is 5. The van der Waals surface area contributed by atoms with Crippen molar-refractivity contribution in [1.29, 1.82) is 0 Å². The molecule has 9 nitrogen and oxygen atoms in total. The molecule has 0 radical (unpaired) electrons. The Bertz CT molecular complexity index is 1360. The molecule has 0 fully saturated rings. The molecule has 2 aromatic heterocycles. The molecule has 0 unspecified atom stereocenters. The van der Waals surface area contributed by atoms with Crippen molar-refractivity contribution in [3.05, 3.63) is 62.9 Å². The SMILES string of the molecule is CC[C@@]1(O)C(=O)OCc2c1cc1n(c2=O)Cc2cc3cc(CN=C(N)N)ccc3nc2-1. The number of aliphatic hydroxyl groups is 1. The van der Waals surface area contributed by atoms with Crippen LogP contribution in [-0.2, 0) is 34.8 Å². The van der Waals surface area contributed by atoms with Gasteiger partial charge in [0.25, 0.3) is 5.56 Å². The molecule has 0 spiro atoms. The van der Waals surface area contributed by atoms with E-state index in [1.54, 1.807) is 17.6 Å². The Hall–Kier alpha value is -3.72. The van der Waals surface area contributed by atoms with Crippen LogP contribution in [0.2, 0.25) is 0 Å². The molecule has 0 saturated carbocycles. The van der Waals surface area contributed by atoms with Crippen LogP contribution in [0.15, 0.2) is 40.1 Å². The van der Waals surface area contributed by atoms with Crippen LogP contribution in [0, 0.1) is 0 Å². The molecule has 1 atom stereocenters. The van der Waals surface area contributed by atoms with Crippen LogP contribution in [0.3, 0.4) is 0 Å². The molecule has 4 heterocycles. The highest BCUT2D eigenvalue weighted by Crippen LogP contribution is 2.38. The van der Waals surface area contributed by atoms with E-state index < -0.39 is 11.6 Å². The molecule has 0 saturated heterocycles. The van der Waals surface area contributed by atoms with Crippen LogP contribution in [-0.4, -0.2) is 26.6 Å². The molecule has 9 heteroatoms. The van der Waals surface area contributed by atoms with Gasteiger partial charge in [0.05, 0.1) is 35.6 Å². The molecule has 1 aromatic carbocycles. The number of guanidine groups is 1. The number of hydrogen-bond acceptors (Lipinski definition) is 6. The van der Waals surface area contributed by atoms with Crippen molar-refractivity contribution in [2.24, 2.45) is 16.5 Å². The molecule has 31 heavy (non-hydrogen) atoms. The lowest BCUT2D eigenvalue weighted by Gasteiger charge is -2.31. The number of esters is 1. The Morgan fingerprint density at radius 1 is 1.29 bits per heavy atom. The van der Waals surface area contributed by atoms with E-state index in [2.05, 4.69) is 4.99 Å². The third-order valence-electron chi connectivity index (χ3n) is 6.02. The second kappa shape index (κ2) is 6.64. The molecule has 158 valence electrons. The number of nitrogens with zero attached hydrogens (tertiary/aromatic N) is 3. The van der Waals surface area contributed by atoms with Gasteiger partial charge in [-0.05, 0) is 36.2 Å². The lowest BCUT2D eigenvalue weighted by molar-refractivity contribution is -0.172. The van der Waals surface area contributed by atoms with Crippen LogP contribution in [0.25, 0.3) is 22.3 Å². The van der Waals surface area contributed by atoms with Crippen molar-refractivity contribution in [2.45, 2.75) is 38.6 Å². The molecule has 3 aromatic rings. The van der Waals surface area contributed by atoms with Crippen LogP contribution < -0.4 is 17.0 Å². The number of carbonyl (C=O) groups is 1. The summed E-state index contributed by atoms with van der Waals surface area (Å²) in [6, 6.07) is 9.45. The predicted molar refractivity (Wildman–Crippen MR) is 114 cm³/mol. The Balaban J connectivity index is 1.66. The third kappa shape index (κ3) is 2.81. The summed E-state index contributed by atoms with van der Waals surface area (Å²) in [7, 11) is 0. The predicted octanol–water partition coefficient (Wildman–Crippen LogP) is 0.853. The number of hydrogen-bond donors (Lipinski definition) is 3. The maximum atomic E-state index is 13.2. The minimum absolute atomic E-state index is 0.0282. The van der Waals surface area contributed by atoms with Crippen LogP contribution in [0.4, 0.5) is 0 Å². The minimum Gasteiger partial charge on any atom is -0.458 e. The monoisotopic (exact) mass is 419 g/mol. The summed E-state index contributed by atoms with van der Waals surface area (Å²) in [6.07, 6.45) is 0.109. The van der Waals surface area contributed by atoms with Crippen molar-refractivity contribution < 1.29 is 14.6 Å². The van der Waals surface area contributed by atoms with Crippen molar-refractivity contribution in [3.8, 4) is 11.4 Å². The zero-order chi connectivity index (χ0) is 21.9. The first-order valence-corrected chi connectivity index (χ1v) is 9.97. The fraction of sp³-hybridized carbons (Fsp3) is 0.273. The summed E-state index contributed by atoms with van der Waals surface area (Å²) >= 11 is 0. The number of pyridine rings is 2. The third-order valence-corrected chi connectivity index (χ3v) is 6.02. The number of cyclic esters (lactones) is 1. The summed E-state index contributed by atoms with van der Waals surface area (Å²) in [5.74, 6) is -0.703. The average Bonchev–Trinajstić information content (AvgIpc) is 3.11. The average molecular weight is 419 g/mol. The molecular weight excluding hydrogens is 398 g/mol. The van der Waals surface area contributed by atoms with E-state index >= 15 is 0 Å². The van der Waals surface area contributed by atoms with Crippen LogP contribution in [0.5, 0.6) is 0 Å². The van der Waals surface area contributed by atoms with E-state index in [0.717, 1.165) is 22.0 Å².